The summed E-state index contributed by atoms with van der Waals surface area (Å²) in [6, 6.07) is 8.20. The summed E-state index contributed by atoms with van der Waals surface area (Å²) in [7, 11) is 1.33. The first-order valence-corrected chi connectivity index (χ1v) is 4.67. The predicted molar refractivity (Wildman–Crippen MR) is 57.7 cm³/mol. The lowest BCUT2D eigenvalue weighted by Gasteiger charge is -2.04. The zero-order chi connectivity index (χ0) is 11.5. The van der Waals surface area contributed by atoms with Crippen LogP contribution in [0.4, 0.5) is 0 Å². The molecule has 0 radical (unpaired) electrons. The number of H-pyrrole nitrogens is 1. The fourth-order valence-electron chi connectivity index (χ4n) is 1.39. The molecule has 2 aromatic rings. The summed E-state index contributed by atoms with van der Waals surface area (Å²) in [4.78, 5) is 22.3. The third-order valence-electron chi connectivity index (χ3n) is 2.15. The number of rotatable bonds is 2. The van der Waals surface area contributed by atoms with Crippen molar-refractivity contribution in [1.29, 1.82) is 0 Å². The SMILES string of the molecule is COC(=O)c1cccc(-n2ccc(=O)[nH]2)c1. The van der Waals surface area contributed by atoms with Crippen molar-refractivity contribution in [3.8, 4) is 5.69 Å². The Bertz CT molecular complexity index is 568. The van der Waals surface area contributed by atoms with Gasteiger partial charge in [0.2, 0.25) is 0 Å². The molecule has 0 atom stereocenters. The molecule has 16 heavy (non-hydrogen) atoms. The molecule has 0 saturated carbocycles. The number of nitrogens with zero attached hydrogens (tertiary/aromatic N) is 1. The van der Waals surface area contributed by atoms with Gasteiger partial charge in [-0.05, 0) is 18.2 Å². The lowest BCUT2D eigenvalue weighted by Crippen LogP contribution is -2.05. The van der Waals surface area contributed by atoms with Crippen molar-refractivity contribution in [2.45, 2.75) is 0 Å². The molecule has 0 unspecified atom stereocenters. The molecule has 1 heterocycles. The van der Waals surface area contributed by atoms with E-state index < -0.39 is 5.97 Å². The molecule has 0 bridgehead atoms. The normalized spacial score (nSPS) is 10.1. The van der Waals surface area contributed by atoms with Crippen LogP contribution in [-0.2, 0) is 4.74 Å². The van der Waals surface area contributed by atoms with Gasteiger partial charge in [0.05, 0.1) is 18.4 Å². The fourth-order valence-corrected chi connectivity index (χ4v) is 1.39. The standard InChI is InChI=1S/C11H10N2O3/c1-16-11(15)8-3-2-4-9(7-8)13-6-5-10(14)12-13/h2-7H,1H3,(H,12,14). The molecule has 1 aromatic heterocycles. The highest BCUT2D eigenvalue weighted by molar-refractivity contribution is 5.89. The van der Waals surface area contributed by atoms with Crippen molar-refractivity contribution < 1.29 is 9.53 Å². The largest absolute Gasteiger partial charge is 0.465 e. The molecule has 0 aliphatic rings. The highest BCUT2D eigenvalue weighted by atomic mass is 16.5. The van der Waals surface area contributed by atoms with Crippen LogP contribution in [0.3, 0.4) is 0 Å². The number of carbonyl (C=O) groups is 1. The second kappa shape index (κ2) is 4.06. The third-order valence-corrected chi connectivity index (χ3v) is 2.15. The molecular formula is C11H10N2O3. The lowest BCUT2D eigenvalue weighted by atomic mass is 10.2. The monoisotopic (exact) mass is 218 g/mol. The number of aromatic amines is 1. The zero-order valence-corrected chi connectivity index (χ0v) is 8.64. The summed E-state index contributed by atoms with van der Waals surface area (Å²) < 4.78 is 6.15. The number of carbonyl (C=O) groups excluding carboxylic acids is 1. The van der Waals surface area contributed by atoms with E-state index in [2.05, 4.69) is 9.84 Å². The summed E-state index contributed by atoms with van der Waals surface area (Å²) in [5, 5.41) is 2.59. The maximum atomic E-state index is 11.3. The molecule has 0 spiro atoms. The summed E-state index contributed by atoms with van der Waals surface area (Å²) in [5.41, 5.74) is 0.947. The number of esters is 1. The molecule has 1 N–H and O–H groups in total. The topological polar surface area (TPSA) is 64.1 Å². The molecule has 0 fully saturated rings. The van der Waals surface area contributed by atoms with E-state index in [-0.39, 0.29) is 5.56 Å². The Labute approximate surface area is 91.3 Å². The number of nitrogens with one attached hydrogen (secondary N) is 1. The first-order chi connectivity index (χ1) is 7.70. The Kier molecular flexibility index (Phi) is 2.59. The van der Waals surface area contributed by atoms with Crippen molar-refractivity contribution in [2.75, 3.05) is 7.11 Å². The average Bonchev–Trinajstić information content (AvgIpc) is 2.75. The van der Waals surface area contributed by atoms with Gasteiger partial charge in [-0.25, -0.2) is 4.79 Å². The Hall–Kier alpha value is -2.30. The van der Waals surface area contributed by atoms with Gasteiger partial charge >= 0.3 is 5.97 Å². The van der Waals surface area contributed by atoms with E-state index in [1.54, 1.807) is 30.5 Å². The van der Waals surface area contributed by atoms with Crippen LogP contribution in [0, 0.1) is 0 Å². The average molecular weight is 218 g/mol. The van der Waals surface area contributed by atoms with Gasteiger partial charge in [0.1, 0.15) is 0 Å². The Morgan fingerprint density at radius 1 is 1.38 bits per heavy atom. The van der Waals surface area contributed by atoms with Crippen LogP contribution in [0.25, 0.3) is 5.69 Å². The van der Waals surface area contributed by atoms with Gasteiger partial charge in [-0.1, -0.05) is 6.07 Å². The van der Waals surface area contributed by atoms with Crippen LogP contribution < -0.4 is 5.56 Å². The number of ether oxygens (including phenoxy) is 1. The van der Waals surface area contributed by atoms with E-state index in [0.29, 0.717) is 11.3 Å². The van der Waals surface area contributed by atoms with Gasteiger partial charge in [-0.2, -0.15) is 0 Å². The third kappa shape index (κ3) is 1.88. The van der Waals surface area contributed by atoms with Crippen LogP contribution >= 0.6 is 0 Å². The Morgan fingerprint density at radius 3 is 2.81 bits per heavy atom. The van der Waals surface area contributed by atoms with Gasteiger partial charge in [0.25, 0.3) is 5.56 Å². The molecule has 0 saturated heterocycles. The van der Waals surface area contributed by atoms with Crippen LogP contribution in [0.2, 0.25) is 0 Å². The molecule has 1 aromatic carbocycles. The van der Waals surface area contributed by atoms with E-state index in [4.69, 9.17) is 0 Å². The molecule has 5 nitrogen and oxygen atoms in total. The van der Waals surface area contributed by atoms with Crippen LogP contribution in [0.5, 0.6) is 0 Å². The van der Waals surface area contributed by atoms with Gasteiger partial charge in [-0.15, -0.1) is 0 Å². The quantitative estimate of drug-likeness (QED) is 0.763. The van der Waals surface area contributed by atoms with Gasteiger partial charge in [-0.3, -0.25) is 14.6 Å². The minimum absolute atomic E-state index is 0.191. The van der Waals surface area contributed by atoms with Crippen molar-refractivity contribution in [3.63, 3.8) is 0 Å². The fraction of sp³-hybridized carbons (Fsp3) is 0.0909. The number of aromatic nitrogens is 2. The maximum absolute atomic E-state index is 11.3. The van der Waals surface area contributed by atoms with Crippen molar-refractivity contribution in [1.82, 2.24) is 9.78 Å². The Morgan fingerprint density at radius 2 is 2.19 bits per heavy atom. The summed E-state index contributed by atoms with van der Waals surface area (Å²) in [5.74, 6) is -0.406. The van der Waals surface area contributed by atoms with E-state index in [0.717, 1.165) is 0 Å². The second-order valence-electron chi connectivity index (χ2n) is 3.20. The van der Waals surface area contributed by atoms with Crippen LogP contribution in [0.15, 0.2) is 41.3 Å². The Balaban J connectivity index is 2.43. The van der Waals surface area contributed by atoms with Gasteiger partial charge < -0.3 is 4.74 Å². The van der Waals surface area contributed by atoms with E-state index in [9.17, 15) is 9.59 Å². The highest BCUT2D eigenvalue weighted by Gasteiger charge is 2.06. The number of methoxy groups -OCH3 is 1. The lowest BCUT2D eigenvalue weighted by molar-refractivity contribution is 0.0600. The first-order valence-electron chi connectivity index (χ1n) is 4.67. The van der Waals surface area contributed by atoms with Crippen molar-refractivity contribution in [2.24, 2.45) is 0 Å². The molecule has 0 aliphatic heterocycles. The second-order valence-corrected chi connectivity index (χ2v) is 3.20. The van der Waals surface area contributed by atoms with Crippen molar-refractivity contribution in [3.05, 3.63) is 52.4 Å². The van der Waals surface area contributed by atoms with Crippen LogP contribution in [0.1, 0.15) is 10.4 Å². The molecule has 2 rings (SSSR count). The predicted octanol–water partition coefficient (Wildman–Crippen LogP) is 0.952. The molecule has 0 amide bonds. The first kappa shape index (κ1) is 10.2. The summed E-state index contributed by atoms with van der Waals surface area (Å²) in [6.45, 7) is 0. The highest BCUT2D eigenvalue weighted by Crippen LogP contribution is 2.09. The van der Waals surface area contributed by atoms with Gasteiger partial charge in [0.15, 0.2) is 0 Å². The van der Waals surface area contributed by atoms with Gasteiger partial charge in [0, 0.05) is 12.3 Å². The molecule has 5 heteroatoms. The van der Waals surface area contributed by atoms with Crippen LogP contribution in [-0.4, -0.2) is 22.9 Å². The minimum atomic E-state index is -0.406. The van der Waals surface area contributed by atoms with E-state index in [1.807, 2.05) is 0 Å². The molecular weight excluding hydrogens is 208 g/mol. The molecule has 0 aliphatic carbocycles. The zero-order valence-electron chi connectivity index (χ0n) is 8.64. The number of hydrogen-bond donors (Lipinski definition) is 1. The number of hydrogen-bond acceptors (Lipinski definition) is 3. The summed E-state index contributed by atoms with van der Waals surface area (Å²) >= 11 is 0. The van der Waals surface area contributed by atoms with E-state index in [1.165, 1.54) is 17.9 Å². The van der Waals surface area contributed by atoms with Crippen molar-refractivity contribution >= 4 is 5.97 Å². The van der Waals surface area contributed by atoms with E-state index >= 15 is 0 Å². The molecule has 82 valence electrons. The maximum Gasteiger partial charge on any atom is 0.337 e. The smallest absolute Gasteiger partial charge is 0.337 e. The summed E-state index contributed by atoms with van der Waals surface area (Å²) in [6.07, 6.45) is 1.60. The minimum Gasteiger partial charge on any atom is -0.465 e. The number of benzene rings is 1.